The average Bonchev–Trinajstić information content (AvgIpc) is 3.15. The molecular weight excluding hydrogens is 420 g/mol. The van der Waals surface area contributed by atoms with Crippen molar-refractivity contribution in [2.45, 2.75) is 37.3 Å². The second kappa shape index (κ2) is 9.99. The van der Waals surface area contributed by atoms with Crippen LogP contribution in [0.15, 0.2) is 24.3 Å². The van der Waals surface area contributed by atoms with Gasteiger partial charge in [-0.3, -0.25) is 14.6 Å². The van der Waals surface area contributed by atoms with Crippen molar-refractivity contribution in [3.8, 4) is 5.75 Å². The molecule has 0 unspecified atom stereocenters. The maximum absolute atomic E-state index is 13.4. The molecule has 1 aromatic carbocycles. The number of rotatable bonds is 7. The minimum Gasteiger partial charge on any atom is -0.484 e. The topological polar surface area (TPSA) is 65.5 Å². The van der Waals surface area contributed by atoms with Crippen LogP contribution in [0.1, 0.15) is 24.8 Å². The average molecular weight is 454 g/mol. The molecule has 178 valence electrons. The highest BCUT2D eigenvalue weighted by Gasteiger charge is 2.40. The number of halogens is 2. The van der Waals surface area contributed by atoms with Crippen LogP contribution >= 0.6 is 0 Å². The van der Waals surface area contributed by atoms with Crippen molar-refractivity contribution >= 4 is 5.91 Å². The monoisotopic (exact) mass is 453 g/mol. The van der Waals surface area contributed by atoms with Crippen LogP contribution < -0.4 is 4.74 Å². The Hall–Kier alpha value is -1.81. The summed E-state index contributed by atoms with van der Waals surface area (Å²) in [5.74, 6) is -1.95. The summed E-state index contributed by atoms with van der Waals surface area (Å²) >= 11 is 0. The van der Waals surface area contributed by atoms with Gasteiger partial charge in [-0.2, -0.15) is 0 Å². The number of hydrogen-bond donors (Lipinski definition) is 1. The third-order valence-corrected chi connectivity index (χ3v) is 6.57. The van der Waals surface area contributed by atoms with E-state index >= 15 is 0 Å². The lowest BCUT2D eigenvalue weighted by Gasteiger charge is -2.36. The first-order valence-corrected chi connectivity index (χ1v) is 11.4. The van der Waals surface area contributed by atoms with Crippen LogP contribution in [0.4, 0.5) is 8.78 Å². The molecule has 3 saturated heterocycles. The number of ether oxygens (including phenoxy) is 2. The molecule has 3 fully saturated rings. The van der Waals surface area contributed by atoms with Crippen molar-refractivity contribution in [2.24, 2.45) is 0 Å². The molecule has 3 heterocycles. The van der Waals surface area contributed by atoms with E-state index in [1.165, 1.54) is 0 Å². The van der Waals surface area contributed by atoms with Crippen LogP contribution in [-0.2, 0) is 16.1 Å². The van der Waals surface area contributed by atoms with E-state index in [1.54, 1.807) is 4.90 Å². The summed E-state index contributed by atoms with van der Waals surface area (Å²) in [6.07, 6.45) is 0.392. The van der Waals surface area contributed by atoms with Gasteiger partial charge in [-0.25, -0.2) is 8.78 Å². The molecule has 0 spiro atoms. The largest absolute Gasteiger partial charge is 0.484 e. The van der Waals surface area contributed by atoms with Gasteiger partial charge >= 0.3 is 0 Å². The second-order valence-electron chi connectivity index (χ2n) is 9.24. The third kappa shape index (κ3) is 6.37. The zero-order valence-electron chi connectivity index (χ0n) is 18.5. The van der Waals surface area contributed by atoms with E-state index in [4.69, 9.17) is 9.47 Å². The SMILES string of the molecule is O=C(COc1ccc(CN2CC[C@](O)(CN3CCC(F)(F)CC3)C2)cc1)N1CCOCC1. The van der Waals surface area contributed by atoms with Gasteiger partial charge in [0.15, 0.2) is 6.61 Å². The molecule has 0 aliphatic carbocycles. The number of amides is 1. The first-order valence-electron chi connectivity index (χ1n) is 11.4. The lowest BCUT2D eigenvalue weighted by molar-refractivity contribution is -0.137. The van der Waals surface area contributed by atoms with Gasteiger partial charge in [0.2, 0.25) is 0 Å². The molecule has 0 saturated carbocycles. The summed E-state index contributed by atoms with van der Waals surface area (Å²) in [5, 5.41) is 11.0. The van der Waals surface area contributed by atoms with Crippen LogP contribution in [0.25, 0.3) is 0 Å². The van der Waals surface area contributed by atoms with Crippen molar-refractivity contribution in [2.75, 3.05) is 65.6 Å². The molecule has 32 heavy (non-hydrogen) atoms. The number of piperidine rings is 1. The van der Waals surface area contributed by atoms with Gasteiger partial charge in [-0.15, -0.1) is 0 Å². The minimum absolute atomic E-state index is 0.0148. The maximum atomic E-state index is 13.4. The fourth-order valence-corrected chi connectivity index (χ4v) is 4.66. The zero-order chi connectivity index (χ0) is 22.6. The highest BCUT2D eigenvalue weighted by Crippen LogP contribution is 2.30. The Labute approximate surface area is 187 Å². The normalized spacial score (nSPS) is 26.9. The van der Waals surface area contributed by atoms with Gasteiger partial charge < -0.3 is 19.5 Å². The fourth-order valence-electron chi connectivity index (χ4n) is 4.66. The number of β-amino-alcohol motifs (C(OH)–C–C–N with tert-alkyl or cyclic N) is 1. The van der Waals surface area contributed by atoms with Crippen LogP contribution in [0.3, 0.4) is 0 Å². The van der Waals surface area contributed by atoms with Gasteiger partial charge in [0.05, 0.1) is 18.8 Å². The van der Waals surface area contributed by atoms with Crippen LogP contribution in [0, 0.1) is 0 Å². The molecule has 9 heteroatoms. The second-order valence-corrected chi connectivity index (χ2v) is 9.24. The van der Waals surface area contributed by atoms with Gasteiger partial charge in [-0.1, -0.05) is 12.1 Å². The van der Waals surface area contributed by atoms with Gasteiger partial charge in [0.25, 0.3) is 11.8 Å². The Morgan fingerprint density at radius 2 is 1.66 bits per heavy atom. The summed E-state index contributed by atoms with van der Waals surface area (Å²) in [5.41, 5.74) is 0.244. The van der Waals surface area contributed by atoms with Crippen LogP contribution in [0.2, 0.25) is 0 Å². The smallest absolute Gasteiger partial charge is 0.260 e. The van der Waals surface area contributed by atoms with Crippen molar-refractivity contribution in [1.82, 2.24) is 14.7 Å². The van der Waals surface area contributed by atoms with Crippen LogP contribution in [0.5, 0.6) is 5.75 Å². The van der Waals surface area contributed by atoms with E-state index in [1.807, 2.05) is 29.2 Å². The lowest BCUT2D eigenvalue weighted by atomic mass is 10.00. The maximum Gasteiger partial charge on any atom is 0.260 e. The van der Waals surface area contributed by atoms with E-state index in [2.05, 4.69) is 4.90 Å². The van der Waals surface area contributed by atoms with Crippen LogP contribution in [-0.4, -0.2) is 103 Å². The van der Waals surface area contributed by atoms with Crippen molar-refractivity contribution in [3.05, 3.63) is 29.8 Å². The first-order chi connectivity index (χ1) is 15.3. The van der Waals surface area contributed by atoms with Crippen molar-refractivity contribution < 1.29 is 28.2 Å². The van der Waals surface area contributed by atoms with Gasteiger partial charge in [0.1, 0.15) is 5.75 Å². The van der Waals surface area contributed by atoms with Crippen molar-refractivity contribution in [3.63, 3.8) is 0 Å². The molecule has 0 radical (unpaired) electrons. The number of carbonyl (C=O) groups is 1. The quantitative estimate of drug-likeness (QED) is 0.677. The molecular formula is C23H33F2N3O4. The molecule has 3 aliphatic heterocycles. The first kappa shape index (κ1) is 23.4. The predicted molar refractivity (Wildman–Crippen MR) is 115 cm³/mol. The standard InChI is InChI=1S/C23H33F2N3O4/c24-23(25)6-9-26(10-7-23)17-22(30)5-8-27(18-22)15-19-1-3-20(4-2-19)32-16-21(29)28-11-13-31-14-12-28/h1-4,30H,5-18H2/t22-/m0/s1. The predicted octanol–water partition coefficient (Wildman–Crippen LogP) is 1.59. The Bertz CT molecular complexity index is 763. The molecule has 0 bridgehead atoms. The number of aliphatic hydroxyl groups is 1. The van der Waals surface area contributed by atoms with E-state index in [9.17, 15) is 18.7 Å². The molecule has 3 aliphatic rings. The summed E-state index contributed by atoms with van der Waals surface area (Å²) in [7, 11) is 0. The number of likely N-dealkylation sites (tertiary alicyclic amines) is 2. The molecule has 1 N–H and O–H groups in total. The minimum atomic E-state index is -2.56. The number of morpholine rings is 1. The molecule has 1 atom stereocenters. The van der Waals surface area contributed by atoms with E-state index in [0.29, 0.717) is 71.2 Å². The van der Waals surface area contributed by atoms with Gasteiger partial charge in [0, 0.05) is 65.2 Å². The molecule has 1 aromatic rings. The molecule has 0 aromatic heterocycles. The summed E-state index contributed by atoms with van der Waals surface area (Å²) < 4.78 is 37.6. The molecule has 7 nitrogen and oxygen atoms in total. The number of nitrogens with zero attached hydrogens (tertiary/aromatic N) is 3. The lowest BCUT2D eigenvalue weighted by Crippen LogP contribution is -2.49. The fraction of sp³-hybridized carbons (Fsp3) is 0.696. The number of hydrogen-bond acceptors (Lipinski definition) is 6. The summed E-state index contributed by atoms with van der Waals surface area (Å²) in [6, 6.07) is 7.66. The van der Waals surface area contributed by atoms with E-state index in [-0.39, 0.29) is 25.4 Å². The molecule has 1 amide bonds. The number of carbonyl (C=O) groups excluding carboxylic acids is 1. The Kier molecular flexibility index (Phi) is 7.29. The molecule has 4 rings (SSSR count). The number of benzene rings is 1. The highest BCUT2D eigenvalue weighted by atomic mass is 19.3. The van der Waals surface area contributed by atoms with E-state index < -0.39 is 11.5 Å². The number of alkyl halides is 2. The zero-order valence-corrected chi connectivity index (χ0v) is 18.5. The Morgan fingerprint density at radius 3 is 2.34 bits per heavy atom. The summed E-state index contributed by atoms with van der Waals surface area (Å²) in [4.78, 5) is 18.1. The summed E-state index contributed by atoms with van der Waals surface area (Å²) in [6.45, 7) is 5.49. The Morgan fingerprint density at radius 1 is 1.00 bits per heavy atom. The van der Waals surface area contributed by atoms with Gasteiger partial charge in [-0.05, 0) is 24.1 Å². The highest BCUT2D eigenvalue weighted by molar-refractivity contribution is 5.77. The van der Waals surface area contributed by atoms with E-state index in [0.717, 1.165) is 12.1 Å². The van der Waals surface area contributed by atoms with Crippen molar-refractivity contribution in [1.29, 1.82) is 0 Å². The Balaban J connectivity index is 1.20. The third-order valence-electron chi connectivity index (χ3n) is 6.57.